The number of hydrogen-bond donors (Lipinski definition) is 3. The largest absolute Gasteiger partial charge is 0.394 e. The molecule has 1 aromatic carbocycles. The molecule has 0 spiro atoms. The van der Waals surface area contributed by atoms with Crippen LogP contribution in [0.25, 0.3) is 0 Å². The summed E-state index contributed by atoms with van der Waals surface area (Å²) in [6.45, 7) is 4.34. The molecule has 1 saturated carbocycles. The second kappa shape index (κ2) is 8.43. The molecule has 0 radical (unpaired) electrons. The van der Waals surface area contributed by atoms with Gasteiger partial charge in [0.2, 0.25) is 0 Å². The highest BCUT2D eigenvalue weighted by atomic mass is 19.1. The summed E-state index contributed by atoms with van der Waals surface area (Å²) in [5.41, 5.74) is 4.64. The minimum atomic E-state index is -1.08. The number of hydrogen-bond acceptors (Lipinski definition) is 4. The Kier molecular flexibility index (Phi) is 6.77. The van der Waals surface area contributed by atoms with Gasteiger partial charge in [0, 0.05) is 24.8 Å². The van der Waals surface area contributed by atoms with Crippen molar-refractivity contribution < 1.29 is 18.6 Å². The smallest absolute Gasteiger partial charge is 0.154 e. The number of aliphatic hydroxyl groups excluding tert-OH is 1. The third kappa shape index (κ3) is 5.36. The van der Waals surface area contributed by atoms with E-state index in [4.69, 9.17) is 10.5 Å². The van der Waals surface area contributed by atoms with Gasteiger partial charge in [0.25, 0.3) is 0 Å². The van der Waals surface area contributed by atoms with Crippen molar-refractivity contribution in [3.63, 3.8) is 0 Å². The molecule has 1 aliphatic carbocycles. The summed E-state index contributed by atoms with van der Waals surface area (Å²) in [5.74, 6) is -1.08. The Hall–Kier alpha value is -1.24. The number of β-amino-alcohol motifs (C(OH)–C–C–N with tert-alkyl or cyclic N) is 1. The van der Waals surface area contributed by atoms with Gasteiger partial charge in [0.15, 0.2) is 5.82 Å². The van der Waals surface area contributed by atoms with E-state index in [1.165, 1.54) is 6.07 Å². The first-order valence-corrected chi connectivity index (χ1v) is 8.92. The Balaban J connectivity index is 1.88. The van der Waals surface area contributed by atoms with E-state index in [0.717, 1.165) is 38.2 Å². The number of methoxy groups -OCH3 is 1. The summed E-state index contributed by atoms with van der Waals surface area (Å²) in [6.07, 6.45) is 4.71. The Morgan fingerprint density at radius 2 is 1.92 bits per heavy atom. The molecular formula is C19H30F2N2O2. The molecule has 0 unspecified atom stereocenters. The first kappa shape index (κ1) is 20.1. The van der Waals surface area contributed by atoms with Crippen LogP contribution in [-0.4, -0.2) is 30.4 Å². The molecule has 142 valence electrons. The van der Waals surface area contributed by atoms with Gasteiger partial charge < -0.3 is 20.9 Å². The molecule has 0 bridgehead atoms. The van der Waals surface area contributed by atoms with Crippen LogP contribution in [0.4, 0.5) is 14.5 Å². The molecule has 1 aromatic rings. The van der Waals surface area contributed by atoms with E-state index < -0.39 is 23.4 Å². The Morgan fingerprint density at radius 1 is 1.28 bits per heavy atom. The van der Waals surface area contributed by atoms with Gasteiger partial charge in [-0.2, -0.15) is 0 Å². The van der Waals surface area contributed by atoms with E-state index in [1.54, 1.807) is 7.11 Å². The van der Waals surface area contributed by atoms with Gasteiger partial charge in [-0.05, 0) is 57.9 Å². The van der Waals surface area contributed by atoms with E-state index >= 15 is 0 Å². The molecule has 1 fully saturated rings. The lowest BCUT2D eigenvalue weighted by molar-refractivity contribution is 0.0504. The average Bonchev–Trinajstić information content (AvgIpc) is 2.58. The molecule has 0 saturated heterocycles. The number of benzene rings is 1. The number of nitrogen functional groups attached to an aromatic ring is 1. The summed E-state index contributed by atoms with van der Waals surface area (Å²) >= 11 is 0. The Labute approximate surface area is 148 Å². The number of rotatable bonds is 7. The molecule has 0 aliphatic heterocycles. The normalized spacial score (nSPS) is 22.8. The first-order valence-electron chi connectivity index (χ1n) is 8.92. The maximum Gasteiger partial charge on any atom is 0.154 e. The van der Waals surface area contributed by atoms with Crippen molar-refractivity contribution in [2.45, 2.75) is 63.7 Å². The summed E-state index contributed by atoms with van der Waals surface area (Å²) in [7, 11) is 1.76. The van der Waals surface area contributed by atoms with Crippen molar-refractivity contribution in [2.24, 2.45) is 5.92 Å². The molecule has 6 heteroatoms. The Morgan fingerprint density at radius 3 is 2.52 bits per heavy atom. The second-order valence-corrected chi connectivity index (χ2v) is 7.73. The number of ether oxygens (including phenoxy) is 1. The van der Waals surface area contributed by atoms with Crippen molar-refractivity contribution in [3.05, 3.63) is 29.3 Å². The number of aliphatic hydroxyl groups is 1. The lowest BCUT2D eigenvalue weighted by Crippen LogP contribution is -2.43. The van der Waals surface area contributed by atoms with E-state index in [2.05, 4.69) is 19.2 Å². The van der Waals surface area contributed by atoms with Crippen molar-refractivity contribution in [1.82, 2.24) is 5.32 Å². The van der Waals surface area contributed by atoms with Crippen LogP contribution in [0.1, 0.15) is 57.6 Å². The van der Waals surface area contributed by atoms with Crippen LogP contribution in [-0.2, 0) is 4.74 Å². The molecular weight excluding hydrogens is 326 g/mol. The van der Waals surface area contributed by atoms with Crippen molar-refractivity contribution in [1.29, 1.82) is 0 Å². The maximum absolute atomic E-state index is 14.0. The quantitative estimate of drug-likeness (QED) is 0.654. The van der Waals surface area contributed by atoms with Crippen LogP contribution in [0.2, 0.25) is 0 Å². The SMILES string of the molecule is CO[C@H]1CC[C@H](CC(C)(C)NC[C@H](O)c2ccc(F)c(N)c2F)CC1. The molecule has 2 rings (SSSR count). The fourth-order valence-corrected chi connectivity index (χ4v) is 3.69. The molecule has 1 atom stereocenters. The minimum Gasteiger partial charge on any atom is -0.394 e. The maximum atomic E-state index is 14.0. The van der Waals surface area contributed by atoms with Gasteiger partial charge in [-0.3, -0.25) is 0 Å². The molecule has 4 N–H and O–H groups in total. The minimum absolute atomic E-state index is 0.0165. The lowest BCUT2D eigenvalue weighted by Gasteiger charge is -2.35. The van der Waals surface area contributed by atoms with Crippen LogP contribution >= 0.6 is 0 Å². The summed E-state index contributed by atoms with van der Waals surface area (Å²) in [4.78, 5) is 0. The molecule has 4 nitrogen and oxygen atoms in total. The summed E-state index contributed by atoms with van der Waals surface area (Å²) in [6, 6.07) is 2.32. The molecule has 25 heavy (non-hydrogen) atoms. The van der Waals surface area contributed by atoms with Crippen molar-refractivity contribution in [3.8, 4) is 0 Å². The average molecular weight is 356 g/mol. The molecule has 0 amide bonds. The van der Waals surface area contributed by atoms with Crippen LogP contribution < -0.4 is 11.1 Å². The van der Waals surface area contributed by atoms with Gasteiger partial charge >= 0.3 is 0 Å². The fourth-order valence-electron chi connectivity index (χ4n) is 3.69. The lowest BCUT2D eigenvalue weighted by atomic mass is 9.79. The van der Waals surface area contributed by atoms with E-state index in [-0.39, 0.29) is 17.6 Å². The van der Waals surface area contributed by atoms with E-state index in [9.17, 15) is 13.9 Å². The van der Waals surface area contributed by atoms with Gasteiger partial charge in [0.1, 0.15) is 11.5 Å². The van der Waals surface area contributed by atoms with Gasteiger partial charge in [-0.25, -0.2) is 8.78 Å². The predicted octanol–water partition coefficient (Wildman–Crippen LogP) is 3.54. The number of anilines is 1. The standard InChI is InChI=1S/C19H30F2N2O2/c1-19(2,10-12-4-6-13(25-3)7-5-12)23-11-16(24)14-8-9-15(20)18(22)17(14)21/h8-9,12-13,16,23-24H,4-7,10-11,22H2,1-3H3/t12-,13-,16-/m0/s1. The molecule has 0 aromatic heterocycles. The third-order valence-corrected chi connectivity index (χ3v) is 5.22. The topological polar surface area (TPSA) is 67.5 Å². The number of nitrogens with one attached hydrogen (secondary N) is 1. The highest BCUT2D eigenvalue weighted by molar-refractivity contribution is 5.45. The van der Waals surface area contributed by atoms with Crippen LogP contribution in [0.3, 0.4) is 0 Å². The molecule has 1 aliphatic rings. The second-order valence-electron chi connectivity index (χ2n) is 7.73. The predicted molar refractivity (Wildman–Crippen MR) is 95.2 cm³/mol. The van der Waals surface area contributed by atoms with E-state index in [1.807, 2.05) is 0 Å². The Bertz CT molecular complexity index is 573. The van der Waals surface area contributed by atoms with Crippen LogP contribution in [0.15, 0.2) is 12.1 Å². The summed E-state index contributed by atoms with van der Waals surface area (Å²) in [5, 5.41) is 13.6. The van der Waals surface area contributed by atoms with Crippen LogP contribution in [0.5, 0.6) is 0 Å². The molecule has 0 heterocycles. The summed E-state index contributed by atoms with van der Waals surface area (Å²) < 4.78 is 32.7. The number of nitrogens with two attached hydrogens (primary N) is 1. The fraction of sp³-hybridized carbons (Fsp3) is 0.684. The third-order valence-electron chi connectivity index (χ3n) is 5.22. The van der Waals surface area contributed by atoms with Gasteiger partial charge in [-0.15, -0.1) is 0 Å². The van der Waals surface area contributed by atoms with E-state index in [0.29, 0.717) is 12.0 Å². The first-order chi connectivity index (χ1) is 11.7. The number of halogens is 2. The van der Waals surface area contributed by atoms with Gasteiger partial charge in [-0.1, -0.05) is 6.07 Å². The highest BCUT2D eigenvalue weighted by Crippen LogP contribution is 2.32. The zero-order valence-corrected chi connectivity index (χ0v) is 15.3. The van der Waals surface area contributed by atoms with Crippen molar-refractivity contribution >= 4 is 5.69 Å². The zero-order valence-electron chi connectivity index (χ0n) is 15.3. The monoisotopic (exact) mass is 356 g/mol. The van der Waals surface area contributed by atoms with Crippen LogP contribution in [0, 0.1) is 17.6 Å². The van der Waals surface area contributed by atoms with Crippen molar-refractivity contribution in [2.75, 3.05) is 19.4 Å². The van der Waals surface area contributed by atoms with Gasteiger partial charge in [0.05, 0.1) is 12.2 Å². The zero-order chi connectivity index (χ0) is 18.6. The highest BCUT2D eigenvalue weighted by Gasteiger charge is 2.28.